The number of carbonyl (C=O) groups is 1. The summed E-state index contributed by atoms with van der Waals surface area (Å²) < 4.78 is 1.63. The highest BCUT2D eigenvalue weighted by molar-refractivity contribution is 6.15. The van der Waals surface area contributed by atoms with Gasteiger partial charge in [0.2, 0.25) is 0 Å². The molecule has 3 aliphatic rings. The number of nitrogens with one attached hydrogen (secondary N) is 1. The molecule has 7 nitrogen and oxygen atoms in total. The van der Waals surface area contributed by atoms with E-state index in [-0.39, 0.29) is 5.78 Å². The minimum atomic E-state index is -0.0456. The number of nitrogens with two attached hydrogens (primary N) is 1. The summed E-state index contributed by atoms with van der Waals surface area (Å²) in [6, 6.07) is 13.5. The number of H-pyrrole nitrogens is 1. The molecule has 0 unspecified atom stereocenters. The number of allylic oxidation sites excluding steroid dienone is 1. The van der Waals surface area contributed by atoms with Crippen molar-refractivity contribution >= 4 is 28.7 Å². The molecule has 0 bridgehead atoms. The van der Waals surface area contributed by atoms with Gasteiger partial charge in [-0.2, -0.15) is 5.10 Å². The summed E-state index contributed by atoms with van der Waals surface area (Å²) in [4.78, 5) is 24.0. The molecule has 2 aromatic heterocycles. The van der Waals surface area contributed by atoms with Crippen LogP contribution in [0, 0.1) is 6.92 Å². The molecule has 39 heavy (non-hydrogen) atoms. The minimum Gasteiger partial charge on any atom is -0.383 e. The molecule has 1 saturated carbocycles. The number of Topliss-reactive ketones (excluding diaryl/α,β-unsaturated/α-hetero) is 1. The lowest BCUT2D eigenvalue weighted by Crippen LogP contribution is -2.41. The zero-order valence-electron chi connectivity index (χ0n) is 22.6. The second-order valence-electron chi connectivity index (χ2n) is 11.6. The maximum absolute atomic E-state index is 13.5. The number of nitrogens with zero attached hydrogens (tertiary/aromatic N) is 4. The molecule has 2 aromatic carbocycles. The molecule has 1 saturated heterocycles. The van der Waals surface area contributed by atoms with Gasteiger partial charge in [-0.3, -0.25) is 4.79 Å². The van der Waals surface area contributed by atoms with Crippen molar-refractivity contribution in [3.05, 3.63) is 76.2 Å². The van der Waals surface area contributed by atoms with E-state index in [1.807, 2.05) is 25.1 Å². The van der Waals surface area contributed by atoms with Crippen LogP contribution in [0.15, 0.2) is 48.2 Å². The predicted molar refractivity (Wildman–Crippen MR) is 155 cm³/mol. The van der Waals surface area contributed by atoms with Gasteiger partial charge < -0.3 is 15.6 Å². The molecule has 3 N–H and O–H groups in total. The lowest BCUT2D eigenvalue weighted by atomic mass is 9.86. The second-order valence-corrected chi connectivity index (χ2v) is 11.6. The number of rotatable bonds is 5. The number of aryl methyl sites for hydroxylation is 1. The van der Waals surface area contributed by atoms with Crippen LogP contribution in [0.1, 0.15) is 83.7 Å². The highest BCUT2D eigenvalue weighted by Gasteiger charge is 2.28. The molecular formula is C32H36N6O. The van der Waals surface area contributed by atoms with Crippen LogP contribution in [0.5, 0.6) is 0 Å². The Bertz CT molecular complexity index is 1580. The van der Waals surface area contributed by atoms with Crippen LogP contribution in [-0.4, -0.2) is 49.6 Å². The number of benzene rings is 2. The molecule has 7 rings (SSSR count). The largest absolute Gasteiger partial charge is 0.383 e. The van der Waals surface area contributed by atoms with Gasteiger partial charge in [0.25, 0.3) is 0 Å². The van der Waals surface area contributed by atoms with E-state index in [4.69, 9.17) is 5.73 Å². The first kappa shape index (κ1) is 24.3. The fourth-order valence-electron chi connectivity index (χ4n) is 6.97. The maximum atomic E-state index is 13.5. The van der Waals surface area contributed by atoms with Crippen LogP contribution in [-0.2, 0) is 6.42 Å². The monoisotopic (exact) mass is 520 g/mol. The Labute approximate surface area is 229 Å². The van der Waals surface area contributed by atoms with E-state index in [2.05, 4.69) is 44.2 Å². The van der Waals surface area contributed by atoms with E-state index in [0.29, 0.717) is 23.7 Å². The van der Waals surface area contributed by atoms with Gasteiger partial charge in [0.1, 0.15) is 11.6 Å². The summed E-state index contributed by atoms with van der Waals surface area (Å²) >= 11 is 0. The van der Waals surface area contributed by atoms with Crippen LogP contribution >= 0.6 is 0 Å². The first-order chi connectivity index (χ1) is 19.0. The fourth-order valence-corrected chi connectivity index (χ4v) is 6.97. The van der Waals surface area contributed by atoms with E-state index in [9.17, 15) is 4.79 Å². The average Bonchev–Trinajstić information content (AvgIpc) is 3.68. The smallest absolute Gasteiger partial charge is 0.194 e. The number of imidazole rings is 1. The van der Waals surface area contributed by atoms with Crippen molar-refractivity contribution in [1.29, 1.82) is 0 Å². The SMILES string of the molecule is Cc1nc2ccc(-n3ncc(C(=O)C4=Cc5cc(C6CCN(C7CCCCC7)CC6)ccc5C4)c3N)cc2[nH]1. The summed E-state index contributed by atoms with van der Waals surface area (Å²) in [5.41, 5.74) is 14.1. The Balaban J connectivity index is 1.07. The Morgan fingerprint density at radius 2 is 1.85 bits per heavy atom. The van der Waals surface area contributed by atoms with Crippen molar-refractivity contribution in [3.63, 3.8) is 0 Å². The van der Waals surface area contributed by atoms with E-state index in [1.165, 1.54) is 74.7 Å². The van der Waals surface area contributed by atoms with Crippen molar-refractivity contribution in [1.82, 2.24) is 24.6 Å². The van der Waals surface area contributed by atoms with E-state index in [0.717, 1.165) is 34.2 Å². The van der Waals surface area contributed by atoms with Crippen molar-refractivity contribution in [2.24, 2.45) is 0 Å². The summed E-state index contributed by atoms with van der Waals surface area (Å²) in [7, 11) is 0. The van der Waals surface area contributed by atoms with Gasteiger partial charge in [-0.1, -0.05) is 37.5 Å². The third-order valence-electron chi connectivity index (χ3n) is 9.14. The van der Waals surface area contributed by atoms with Gasteiger partial charge in [-0.05, 0) is 92.6 Å². The summed E-state index contributed by atoms with van der Waals surface area (Å²) in [6.45, 7) is 4.35. The molecule has 3 heterocycles. The molecular weight excluding hydrogens is 484 g/mol. The zero-order valence-corrected chi connectivity index (χ0v) is 22.6. The number of anilines is 1. The zero-order chi connectivity index (χ0) is 26.5. The molecule has 7 heteroatoms. The van der Waals surface area contributed by atoms with Crippen molar-refractivity contribution in [2.75, 3.05) is 18.8 Å². The summed E-state index contributed by atoms with van der Waals surface area (Å²) in [5, 5.41) is 4.46. The highest BCUT2D eigenvalue weighted by Crippen LogP contribution is 2.36. The molecule has 0 amide bonds. The van der Waals surface area contributed by atoms with Gasteiger partial charge in [0, 0.05) is 18.0 Å². The number of hydrogen-bond acceptors (Lipinski definition) is 5. The molecule has 0 spiro atoms. The number of piperidine rings is 1. The van der Waals surface area contributed by atoms with Crippen LogP contribution in [0.3, 0.4) is 0 Å². The molecule has 0 atom stereocenters. The predicted octanol–water partition coefficient (Wildman–Crippen LogP) is 5.97. The first-order valence-corrected chi connectivity index (χ1v) is 14.5. The minimum absolute atomic E-state index is 0.0456. The summed E-state index contributed by atoms with van der Waals surface area (Å²) in [5.74, 6) is 1.77. The van der Waals surface area contributed by atoms with Crippen molar-refractivity contribution in [3.8, 4) is 5.69 Å². The number of fused-ring (bicyclic) bond motifs is 2. The third kappa shape index (κ3) is 4.48. The Morgan fingerprint density at radius 1 is 1.03 bits per heavy atom. The lowest BCUT2D eigenvalue weighted by molar-refractivity contribution is 0.103. The van der Waals surface area contributed by atoms with Crippen LogP contribution in [0.2, 0.25) is 0 Å². The second kappa shape index (κ2) is 9.79. The third-order valence-corrected chi connectivity index (χ3v) is 9.14. The number of hydrogen-bond donors (Lipinski definition) is 2. The van der Waals surface area contributed by atoms with Crippen LogP contribution in [0.25, 0.3) is 22.8 Å². The Morgan fingerprint density at radius 3 is 2.67 bits per heavy atom. The standard InChI is InChI=1S/C32H36N6O/c1-20-35-29-10-9-27(18-30(29)36-20)38-32(33)28(19-34-38)31(39)25-16-23-8-7-22(15-24(23)17-25)21-11-13-37(14-12-21)26-5-3-2-4-6-26/h7-10,15,17-19,21,26H,2-6,11-14,16,33H2,1H3,(H,35,36). The van der Waals surface area contributed by atoms with Gasteiger partial charge >= 0.3 is 0 Å². The van der Waals surface area contributed by atoms with Crippen molar-refractivity contribution < 1.29 is 4.79 Å². The fraction of sp³-hybridized carbons (Fsp3) is 0.406. The maximum Gasteiger partial charge on any atom is 0.194 e. The van der Waals surface area contributed by atoms with Gasteiger partial charge in [-0.25, -0.2) is 9.67 Å². The number of nitrogen functional groups attached to an aromatic ring is 1. The molecule has 0 radical (unpaired) electrons. The number of carbonyl (C=O) groups excluding carboxylic acids is 1. The average molecular weight is 521 g/mol. The normalized spacial score (nSPS) is 18.9. The molecule has 1 aliphatic heterocycles. The topological polar surface area (TPSA) is 92.8 Å². The van der Waals surface area contributed by atoms with E-state index >= 15 is 0 Å². The molecule has 4 aromatic rings. The summed E-state index contributed by atoms with van der Waals surface area (Å²) in [6.07, 6.45) is 13.7. The molecule has 200 valence electrons. The van der Waals surface area contributed by atoms with Crippen LogP contribution < -0.4 is 5.73 Å². The number of aromatic amines is 1. The number of aromatic nitrogens is 4. The molecule has 2 fully saturated rings. The first-order valence-electron chi connectivity index (χ1n) is 14.5. The van der Waals surface area contributed by atoms with Gasteiger partial charge in [0.05, 0.1) is 28.5 Å². The van der Waals surface area contributed by atoms with Crippen LogP contribution in [0.4, 0.5) is 5.82 Å². The van der Waals surface area contributed by atoms with Gasteiger partial charge in [-0.15, -0.1) is 0 Å². The van der Waals surface area contributed by atoms with E-state index in [1.54, 1.807) is 10.9 Å². The lowest BCUT2D eigenvalue weighted by Gasteiger charge is -2.39. The van der Waals surface area contributed by atoms with E-state index < -0.39 is 0 Å². The Kier molecular flexibility index (Phi) is 6.11. The van der Waals surface area contributed by atoms with Crippen molar-refractivity contribution in [2.45, 2.75) is 70.3 Å². The van der Waals surface area contributed by atoms with Gasteiger partial charge in [0.15, 0.2) is 5.78 Å². The number of likely N-dealkylation sites (tertiary alicyclic amines) is 1. The Hall–Kier alpha value is -3.71. The highest BCUT2D eigenvalue weighted by atomic mass is 16.1. The quantitative estimate of drug-likeness (QED) is 0.316. The molecule has 2 aliphatic carbocycles. The number of ketones is 1.